The molecule has 1 heterocycles. The van der Waals surface area contributed by atoms with Crippen LogP contribution in [0.4, 0.5) is 5.82 Å². The smallest absolute Gasteiger partial charge is 0.127 e. The van der Waals surface area contributed by atoms with Crippen LogP contribution in [0.1, 0.15) is 32.0 Å². The summed E-state index contributed by atoms with van der Waals surface area (Å²) in [6, 6.07) is 10.3. The molecule has 1 aromatic carbocycles. The molecule has 2 N–H and O–H groups in total. The second-order valence-electron chi connectivity index (χ2n) is 5.42. The number of nitrogens with two attached hydrogens (primary N) is 1. The summed E-state index contributed by atoms with van der Waals surface area (Å²) in [5, 5.41) is 4.36. The maximum atomic E-state index is 5.90. The van der Waals surface area contributed by atoms with Gasteiger partial charge in [-0.1, -0.05) is 32.9 Å². The number of rotatable bonds is 1. The molecule has 0 atom stereocenters. The summed E-state index contributed by atoms with van der Waals surface area (Å²) in [6.45, 7) is 8.55. The summed E-state index contributed by atoms with van der Waals surface area (Å²) in [7, 11) is 0. The van der Waals surface area contributed by atoms with Crippen molar-refractivity contribution in [1.29, 1.82) is 0 Å². The molecular weight excluding hydrogens is 210 g/mol. The van der Waals surface area contributed by atoms with Gasteiger partial charge in [0.2, 0.25) is 0 Å². The summed E-state index contributed by atoms with van der Waals surface area (Å²) in [4.78, 5) is 0. The molecule has 0 spiro atoms. The first-order chi connectivity index (χ1) is 7.88. The first-order valence-electron chi connectivity index (χ1n) is 5.81. The fourth-order valence-corrected chi connectivity index (χ4v) is 1.83. The van der Waals surface area contributed by atoms with Gasteiger partial charge in [-0.05, 0) is 30.0 Å². The predicted octanol–water partition coefficient (Wildman–Crippen LogP) is 3.06. The van der Waals surface area contributed by atoms with Gasteiger partial charge in [0.1, 0.15) is 5.82 Å². The van der Waals surface area contributed by atoms with Crippen LogP contribution >= 0.6 is 0 Å². The van der Waals surface area contributed by atoms with Crippen molar-refractivity contribution < 1.29 is 0 Å². The topological polar surface area (TPSA) is 43.8 Å². The Balaban J connectivity index is 2.39. The lowest BCUT2D eigenvalue weighted by atomic mass is 9.87. The fraction of sp³-hybridized carbons (Fsp3) is 0.357. The summed E-state index contributed by atoms with van der Waals surface area (Å²) in [5.74, 6) is 0.672. The molecule has 3 nitrogen and oxygen atoms in total. The number of aromatic nitrogens is 2. The number of aryl methyl sites for hydroxylation is 1. The normalized spacial score (nSPS) is 11.8. The van der Waals surface area contributed by atoms with Crippen LogP contribution in [0, 0.1) is 6.92 Å². The Kier molecular flexibility index (Phi) is 2.69. The molecule has 0 bridgehead atoms. The van der Waals surface area contributed by atoms with Crippen molar-refractivity contribution in [2.45, 2.75) is 33.1 Å². The Hall–Kier alpha value is -1.77. The van der Waals surface area contributed by atoms with E-state index in [2.05, 4.69) is 50.1 Å². The van der Waals surface area contributed by atoms with Crippen molar-refractivity contribution in [3.63, 3.8) is 0 Å². The Labute approximate surface area is 102 Å². The Morgan fingerprint density at radius 2 is 1.71 bits per heavy atom. The van der Waals surface area contributed by atoms with E-state index in [4.69, 9.17) is 5.73 Å². The minimum atomic E-state index is 0.171. The van der Waals surface area contributed by atoms with Gasteiger partial charge in [0.25, 0.3) is 0 Å². The molecule has 0 amide bonds. The highest BCUT2D eigenvalue weighted by molar-refractivity contribution is 5.44. The third-order valence-corrected chi connectivity index (χ3v) is 2.84. The SMILES string of the molecule is Cc1cc(N)n(-c2ccc(C(C)(C)C)cc2)n1. The number of anilines is 1. The molecule has 0 aliphatic rings. The van der Waals surface area contributed by atoms with Crippen LogP contribution in [0.25, 0.3) is 5.69 Å². The van der Waals surface area contributed by atoms with Crippen LogP contribution in [-0.2, 0) is 5.41 Å². The van der Waals surface area contributed by atoms with Crippen molar-refractivity contribution in [1.82, 2.24) is 9.78 Å². The molecule has 0 aliphatic heterocycles. The van der Waals surface area contributed by atoms with Gasteiger partial charge in [0, 0.05) is 6.07 Å². The van der Waals surface area contributed by atoms with Gasteiger partial charge >= 0.3 is 0 Å². The largest absolute Gasteiger partial charge is 0.384 e. The molecule has 0 saturated carbocycles. The third kappa shape index (κ3) is 2.33. The quantitative estimate of drug-likeness (QED) is 0.816. The number of hydrogen-bond acceptors (Lipinski definition) is 2. The van der Waals surface area contributed by atoms with Crippen LogP contribution in [0.3, 0.4) is 0 Å². The third-order valence-electron chi connectivity index (χ3n) is 2.84. The number of benzene rings is 1. The van der Waals surface area contributed by atoms with Crippen molar-refractivity contribution in [3.8, 4) is 5.69 Å². The van der Waals surface area contributed by atoms with Crippen molar-refractivity contribution in [3.05, 3.63) is 41.6 Å². The van der Waals surface area contributed by atoms with Crippen LogP contribution in [0.15, 0.2) is 30.3 Å². The van der Waals surface area contributed by atoms with E-state index in [0.29, 0.717) is 5.82 Å². The first-order valence-corrected chi connectivity index (χ1v) is 5.81. The Morgan fingerprint density at radius 3 is 2.12 bits per heavy atom. The van der Waals surface area contributed by atoms with Gasteiger partial charge in [0.05, 0.1) is 11.4 Å². The van der Waals surface area contributed by atoms with Crippen LogP contribution in [0.2, 0.25) is 0 Å². The lowest BCUT2D eigenvalue weighted by Gasteiger charge is -2.19. The van der Waals surface area contributed by atoms with E-state index in [-0.39, 0.29) is 5.41 Å². The zero-order valence-corrected chi connectivity index (χ0v) is 10.9. The average molecular weight is 229 g/mol. The standard InChI is InChI=1S/C14H19N3/c1-10-9-13(15)17(16-10)12-7-5-11(6-8-12)14(2,3)4/h5-9H,15H2,1-4H3. The van der Waals surface area contributed by atoms with E-state index in [1.54, 1.807) is 4.68 Å². The Morgan fingerprint density at radius 1 is 1.12 bits per heavy atom. The number of hydrogen-bond donors (Lipinski definition) is 1. The van der Waals surface area contributed by atoms with Gasteiger partial charge in [-0.2, -0.15) is 5.10 Å². The van der Waals surface area contributed by atoms with Crippen molar-refractivity contribution in [2.75, 3.05) is 5.73 Å². The highest BCUT2D eigenvalue weighted by atomic mass is 15.3. The highest BCUT2D eigenvalue weighted by Gasteiger charge is 2.13. The second-order valence-corrected chi connectivity index (χ2v) is 5.42. The van der Waals surface area contributed by atoms with Gasteiger partial charge in [-0.25, -0.2) is 4.68 Å². The van der Waals surface area contributed by atoms with Crippen LogP contribution in [-0.4, -0.2) is 9.78 Å². The summed E-state index contributed by atoms with van der Waals surface area (Å²) in [6.07, 6.45) is 0. The van der Waals surface area contributed by atoms with E-state index in [1.165, 1.54) is 5.56 Å². The maximum Gasteiger partial charge on any atom is 0.127 e. The van der Waals surface area contributed by atoms with Crippen LogP contribution < -0.4 is 5.73 Å². The molecule has 90 valence electrons. The zero-order chi connectivity index (χ0) is 12.6. The Bertz CT molecular complexity index is 515. The minimum absolute atomic E-state index is 0.171. The summed E-state index contributed by atoms with van der Waals surface area (Å²) >= 11 is 0. The minimum Gasteiger partial charge on any atom is -0.384 e. The molecule has 0 fully saturated rings. The van der Waals surface area contributed by atoms with Crippen LogP contribution in [0.5, 0.6) is 0 Å². The first kappa shape index (κ1) is 11.7. The summed E-state index contributed by atoms with van der Waals surface area (Å²) in [5.41, 5.74) is 9.31. The second kappa shape index (κ2) is 3.91. The van der Waals surface area contributed by atoms with Crippen molar-refractivity contribution >= 4 is 5.82 Å². The zero-order valence-electron chi connectivity index (χ0n) is 10.9. The maximum absolute atomic E-state index is 5.90. The molecule has 0 unspecified atom stereocenters. The molecule has 0 saturated heterocycles. The molecule has 0 radical (unpaired) electrons. The molecule has 2 aromatic rings. The van der Waals surface area contributed by atoms with Gasteiger partial charge in [-0.3, -0.25) is 0 Å². The fourth-order valence-electron chi connectivity index (χ4n) is 1.83. The van der Waals surface area contributed by atoms with Gasteiger partial charge in [-0.15, -0.1) is 0 Å². The van der Waals surface area contributed by atoms with E-state index >= 15 is 0 Å². The van der Waals surface area contributed by atoms with Crippen molar-refractivity contribution in [2.24, 2.45) is 0 Å². The van der Waals surface area contributed by atoms with Gasteiger partial charge in [0.15, 0.2) is 0 Å². The van der Waals surface area contributed by atoms with E-state index in [1.807, 2.05) is 13.0 Å². The number of nitrogen functional groups attached to an aromatic ring is 1. The molecular formula is C14H19N3. The molecule has 1 aromatic heterocycles. The summed E-state index contributed by atoms with van der Waals surface area (Å²) < 4.78 is 1.77. The molecule has 17 heavy (non-hydrogen) atoms. The molecule has 2 rings (SSSR count). The highest BCUT2D eigenvalue weighted by Crippen LogP contribution is 2.23. The monoisotopic (exact) mass is 229 g/mol. The van der Waals surface area contributed by atoms with Gasteiger partial charge < -0.3 is 5.73 Å². The predicted molar refractivity (Wildman–Crippen MR) is 71.4 cm³/mol. The van der Waals surface area contributed by atoms with E-state index in [0.717, 1.165) is 11.4 Å². The van der Waals surface area contributed by atoms with E-state index < -0.39 is 0 Å². The average Bonchev–Trinajstić information content (AvgIpc) is 2.57. The lowest BCUT2D eigenvalue weighted by molar-refractivity contribution is 0.590. The lowest BCUT2D eigenvalue weighted by Crippen LogP contribution is -2.11. The number of nitrogens with zero attached hydrogens (tertiary/aromatic N) is 2. The van der Waals surface area contributed by atoms with E-state index in [9.17, 15) is 0 Å². The molecule has 3 heteroatoms. The molecule has 0 aliphatic carbocycles.